The van der Waals surface area contributed by atoms with E-state index >= 15 is 0 Å². The van der Waals surface area contributed by atoms with E-state index in [1.54, 1.807) is 4.90 Å². The summed E-state index contributed by atoms with van der Waals surface area (Å²) in [6.45, 7) is 0.986. The lowest BCUT2D eigenvalue weighted by Gasteiger charge is -2.30. The molecule has 1 fully saturated rings. The van der Waals surface area contributed by atoms with Crippen molar-refractivity contribution in [1.82, 2.24) is 4.90 Å². The quantitative estimate of drug-likeness (QED) is 0.907. The zero-order valence-corrected chi connectivity index (χ0v) is 10.7. The number of piperidine rings is 1. The van der Waals surface area contributed by atoms with Gasteiger partial charge < -0.3 is 15.4 Å². The zero-order chi connectivity index (χ0) is 14.8. The lowest BCUT2D eigenvalue weighted by Crippen LogP contribution is -2.45. The van der Waals surface area contributed by atoms with Gasteiger partial charge >= 0.3 is 6.36 Å². The summed E-state index contributed by atoms with van der Waals surface area (Å²) in [6.07, 6.45) is -3.12. The van der Waals surface area contributed by atoms with Crippen LogP contribution in [0.3, 0.4) is 0 Å². The van der Waals surface area contributed by atoms with Gasteiger partial charge in [-0.05, 0) is 31.0 Å². The van der Waals surface area contributed by atoms with Crippen LogP contribution in [0.1, 0.15) is 23.2 Å². The number of likely N-dealkylation sites (tertiary alicyclic amines) is 1. The van der Waals surface area contributed by atoms with E-state index < -0.39 is 12.1 Å². The zero-order valence-electron chi connectivity index (χ0n) is 10.7. The van der Waals surface area contributed by atoms with Crippen LogP contribution < -0.4 is 10.5 Å². The van der Waals surface area contributed by atoms with Gasteiger partial charge in [0.05, 0.1) is 0 Å². The highest BCUT2D eigenvalue weighted by atomic mass is 19.4. The summed E-state index contributed by atoms with van der Waals surface area (Å²) in [4.78, 5) is 13.8. The Morgan fingerprint density at radius 1 is 1.40 bits per heavy atom. The first-order valence-electron chi connectivity index (χ1n) is 6.26. The average Bonchev–Trinajstić information content (AvgIpc) is 2.36. The smallest absolute Gasteiger partial charge is 0.406 e. The van der Waals surface area contributed by atoms with Gasteiger partial charge in [0.15, 0.2) is 0 Å². The lowest BCUT2D eigenvalue weighted by molar-refractivity contribution is -0.274. The lowest BCUT2D eigenvalue weighted by atomic mass is 10.1. The molecule has 0 aromatic heterocycles. The summed E-state index contributed by atoms with van der Waals surface area (Å²) in [5, 5.41) is 0. The van der Waals surface area contributed by atoms with Crippen LogP contribution in [-0.2, 0) is 0 Å². The van der Waals surface area contributed by atoms with Crippen molar-refractivity contribution in [2.45, 2.75) is 25.2 Å². The highest BCUT2D eigenvalue weighted by Gasteiger charge is 2.31. The molecule has 1 aromatic rings. The van der Waals surface area contributed by atoms with E-state index in [0.717, 1.165) is 25.0 Å². The van der Waals surface area contributed by atoms with E-state index in [4.69, 9.17) is 5.73 Å². The highest BCUT2D eigenvalue weighted by molar-refractivity contribution is 5.94. The number of benzene rings is 1. The van der Waals surface area contributed by atoms with E-state index in [0.29, 0.717) is 13.1 Å². The van der Waals surface area contributed by atoms with E-state index in [-0.39, 0.29) is 17.5 Å². The predicted octanol–water partition coefficient (Wildman–Crippen LogP) is 2.15. The third-order valence-electron chi connectivity index (χ3n) is 3.06. The number of rotatable bonds is 2. The van der Waals surface area contributed by atoms with Gasteiger partial charge in [-0.3, -0.25) is 4.79 Å². The van der Waals surface area contributed by atoms with E-state index in [1.165, 1.54) is 12.1 Å². The molecule has 2 rings (SSSR count). The monoisotopic (exact) mass is 288 g/mol. The van der Waals surface area contributed by atoms with Crippen LogP contribution >= 0.6 is 0 Å². The molecule has 1 atom stereocenters. The van der Waals surface area contributed by atoms with Crippen molar-refractivity contribution in [2.24, 2.45) is 5.73 Å². The minimum Gasteiger partial charge on any atom is -0.406 e. The minimum absolute atomic E-state index is 0.0812. The number of halogens is 3. The molecule has 1 saturated heterocycles. The van der Waals surface area contributed by atoms with Gasteiger partial charge in [0, 0.05) is 24.7 Å². The summed E-state index contributed by atoms with van der Waals surface area (Å²) in [6, 6.07) is 4.99. The number of hydrogen-bond donors (Lipinski definition) is 1. The molecular weight excluding hydrogens is 273 g/mol. The minimum atomic E-state index is -4.77. The third kappa shape index (κ3) is 3.86. The van der Waals surface area contributed by atoms with Crippen LogP contribution in [-0.4, -0.2) is 36.3 Å². The maximum atomic E-state index is 12.2. The van der Waals surface area contributed by atoms with Gasteiger partial charge in [-0.15, -0.1) is 13.2 Å². The second-order valence-electron chi connectivity index (χ2n) is 4.73. The number of ether oxygens (including phenoxy) is 1. The normalized spacial score (nSPS) is 19.8. The molecule has 0 saturated carbocycles. The second-order valence-corrected chi connectivity index (χ2v) is 4.73. The van der Waals surface area contributed by atoms with Gasteiger partial charge in [-0.1, -0.05) is 6.07 Å². The molecule has 1 aliphatic rings. The first-order chi connectivity index (χ1) is 9.35. The molecule has 1 aliphatic heterocycles. The Balaban J connectivity index is 2.12. The maximum absolute atomic E-state index is 12.2. The van der Waals surface area contributed by atoms with Gasteiger partial charge in [0.2, 0.25) is 0 Å². The average molecular weight is 288 g/mol. The molecule has 1 amide bonds. The number of carbonyl (C=O) groups is 1. The van der Waals surface area contributed by atoms with Gasteiger partial charge in [-0.2, -0.15) is 0 Å². The summed E-state index contributed by atoms with van der Waals surface area (Å²) in [5.41, 5.74) is 5.95. The van der Waals surface area contributed by atoms with Crippen LogP contribution in [0.5, 0.6) is 5.75 Å². The van der Waals surface area contributed by atoms with Gasteiger partial charge in [-0.25, -0.2) is 0 Å². The van der Waals surface area contributed by atoms with E-state index in [1.807, 2.05) is 0 Å². The number of amides is 1. The van der Waals surface area contributed by atoms with Gasteiger partial charge in [0.1, 0.15) is 5.75 Å². The molecule has 0 radical (unpaired) electrons. The molecule has 20 heavy (non-hydrogen) atoms. The fourth-order valence-corrected chi connectivity index (χ4v) is 2.20. The Labute approximate surface area is 114 Å². The van der Waals surface area contributed by atoms with Crippen molar-refractivity contribution < 1.29 is 22.7 Å². The highest BCUT2D eigenvalue weighted by Crippen LogP contribution is 2.24. The Bertz CT molecular complexity index is 491. The number of alkyl halides is 3. The molecule has 0 bridgehead atoms. The Hall–Kier alpha value is -1.76. The molecular formula is C13H15F3N2O2. The Kier molecular flexibility index (Phi) is 4.17. The molecule has 1 unspecified atom stereocenters. The van der Waals surface area contributed by atoms with Crippen molar-refractivity contribution >= 4 is 5.91 Å². The number of hydrogen-bond acceptors (Lipinski definition) is 3. The summed E-state index contributed by atoms with van der Waals surface area (Å²) < 4.78 is 40.2. The first-order valence-corrected chi connectivity index (χ1v) is 6.26. The fourth-order valence-electron chi connectivity index (χ4n) is 2.20. The Morgan fingerprint density at radius 2 is 2.15 bits per heavy atom. The van der Waals surface area contributed by atoms with Crippen molar-refractivity contribution in [3.63, 3.8) is 0 Å². The fraction of sp³-hybridized carbons (Fsp3) is 0.462. The third-order valence-corrected chi connectivity index (χ3v) is 3.06. The van der Waals surface area contributed by atoms with Crippen LogP contribution in [0.4, 0.5) is 13.2 Å². The maximum Gasteiger partial charge on any atom is 0.573 e. The molecule has 0 aliphatic carbocycles. The number of carbonyl (C=O) groups excluding carboxylic acids is 1. The van der Waals surface area contributed by atoms with Crippen molar-refractivity contribution in [3.8, 4) is 5.75 Å². The molecule has 4 nitrogen and oxygen atoms in total. The SMILES string of the molecule is NC1CCCN(C(=O)c2cccc(OC(F)(F)F)c2)C1. The molecule has 7 heteroatoms. The van der Waals surface area contributed by atoms with Crippen molar-refractivity contribution in [1.29, 1.82) is 0 Å². The summed E-state index contributed by atoms with van der Waals surface area (Å²) in [7, 11) is 0. The molecule has 1 aromatic carbocycles. The van der Waals surface area contributed by atoms with Crippen LogP contribution in [0.25, 0.3) is 0 Å². The number of nitrogens with zero attached hydrogens (tertiary/aromatic N) is 1. The predicted molar refractivity (Wildman–Crippen MR) is 66.2 cm³/mol. The van der Waals surface area contributed by atoms with Crippen molar-refractivity contribution in [3.05, 3.63) is 29.8 Å². The first kappa shape index (κ1) is 14.6. The van der Waals surface area contributed by atoms with E-state index in [9.17, 15) is 18.0 Å². The standard InChI is InChI=1S/C13H15F3N2O2/c14-13(15,16)20-11-5-1-3-9(7-11)12(19)18-6-2-4-10(17)8-18/h1,3,5,7,10H,2,4,6,8,17H2. The number of nitrogens with two attached hydrogens (primary N) is 1. The van der Waals surface area contributed by atoms with Gasteiger partial charge in [0.25, 0.3) is 5.91 Å². The largest absolute Gasteiger partial charge is 0.573 e. The topological polar surface area (TPSA) is 55.6 Å². The summed E-state index contributed by atoms with van der Waals surface area (Å²) in [5.74, 6) is -0.725. The second kappa shape index (κ2) is 5.70. The van der Waals surface area contributed by atoms with Crippen LogP contribution in [0.15, 0.2) is 24.3 Å². The van der Waals surface area contributed by atoms with E-state index in [2.05, 4.69) is 4.74 Å². The molecule has 2 N–H and O–H groups in total. The van der Waals surface area contributed by atoms with Crippen LogP contribution in [0.2, 0.25) is 0 Å². The molecule has 110 valence electrons. The molecule has 0 spiro atoms. The van der Waals surface area contributed by atoms with Crippen LogP contribution in [0, 0.1) is 0 Å². The van der Waals surface area contributed by atoms with Crippen molar-refractivity contribution in [2.75, 3.05) is 13.1 Å². The molecule has 1 heterocycles. The summed E-state index contributed by atoms with van der Waals surface area (Å²) >= 11 is 0. The Morgan fingerprint density at radius 3 is 2.80 bits per heavy atom.